The lowest BCUT2D eigenvalue weighted by Gasteiger charge is -2.11. The van der Waals surface area contributed by atoms with E-state index in [9.17, 15) is 10.1 Å². The number of halogens is 1. The molecule has 5 rings (SSSR count). The van der Waals surface area contributed by atoms with E-state index in [0.29, 0.717) is 37.7 Å². The Morgan fingerprint density at radius 3 is 2.93 bits per heavy atom. The number of aromatic nitrogens is 2. The first-order valence-electron chi connectivity index (χ1n) is 9.51. The zero-order chi connectivity index (χ0) is 20.7. The minimum atomic E-state index is -0.286. The van der Waals surface area contributed by atoms with Crippen molar-refractivity contribution in [3.8, 4) is 17.3 Å². The molecule has 0 aliphatic heterocycles. The van der Waals surface area contributed by atoms with Gasteiger partial charge in [-0.3, -0.25) is 9.78 Å². The Kier molecular flexibility index (Phi) is 4.70. The van der Waals surface area contributed by atoms with Crippen LogP contribution in [0.1, 0.15) is 32.8 Å². The smallest absolute Gasteiger partial charge is 0.257 e. The zero-order valence-electron chi connectivity index (χ0n) is 15.8. The van der Waals surface area contributed by atoms with Gasteiger partial charge in [-0.05, 0) is 61.2 Å². The van der Waals surface area contributed by atoms with Gasteiger partial charge in [0.2, 0.25) is 0 Å². The lowest BCUT2D eigenvalue weighted by Crippen LogP contribution is -2.13. The summed E-state index contributed by atoms with van der Waals surface area (Å²) in [7, 11) is 0. The molecule has 146 valence electrons. The van der Waals surface area contributed by atoms with Gasteiger partial charge in [-0.1, -0.05) is 11.6 Å². The fourth-order valence-corrected chi connectivity index (χ4v) is 5.24. The molecule has 1 N–H and O–H groups in total. The van der Waals surface area contributed by atoms with Crippen LogP contribution in [-0.4, -0.2) is 15.9 Å². The van der Waals surface area contributed by atoms with Crippen molar-refractivity contribution >= 4 is 44.7 Å². The van der Waals surface area contributed by atoms with Crippen molar-refractivity contribution in [2.45, 2.75) is 19.3 Å². The fourth-order valence-electron chi connectivity index (χ4n) is 3.83. The highest BCUT2D eigenvalue weighted by molar-refractivity contribution is 7.16. The zero-order valence-corrected chi connectivity index (χ0v) is 17.3. The highest BCUT2D eigenvalue weighted by atomic mass is 35.5. The molecule has 1 aliphatic rings. The maximum Gasteiger partial charge on any atom is 0.257 e. The van der Waals surface area contributed by atoms with E-state index in [2.05, 4.69) is 21.4 Å². The number of thiophene rings is 1. The summed E-state index contributed by atoms with van der Waals surface area (Å²) < 4.78 is 0. The molecular weight excluding hydrogens is 416 g/mol. The molecular formula is C23H15ClN4OS. The first kappa shape index (κ1) is 18.7. The average Bonchev–Trinajstić information content (AvgIpc) is 3.34. The van der Waals surface area contributed by atoms with Gasteiger partial charge in [0.25, 0.3) is 5.91 Å². The number of aryl methyl sites for hydroxylation is 1. The van der Waals surface area contributed by atoms with Crippen molar-refractivity contribution in [1.82, 2.24) is 9.97 Å². The number of amides is 1. The first-order chi connectivity index (χ1) is 14.6. The van der Waals surface area contributed by atoms with Gasteiger partial charge in [-0.15, -0.1) is 11.3 Å². The number of fused-ring (bicyclic) bond motifs is 2. The van der Waals surface area contributed by atoms with Crippen molar-refractivity contribution in [2.75, 3.05) is 5.32 Å². The van der Waals surface area contributed by atoms with Crippen LogP contribution in [0.3, 0.4) is 0 Å². The van der Waals surface area contributed by atoms with E-state index in [-0.39, 0.29) is 5.91 Å². The molecule has 1 aliphatic carbocycles. The average molecular weight is 431 g/mol. The lowest BCUT2D eigenvalue weighted by molar-refractivity contribution is 0.102. The van der Waals surface area contributed by atoms with Crippen LogP contribution in [0.15, 0.2) is 48.8 Å². The Morgan fingerprint density at radius 2 is 2.13 bits per heavy atom. The van der Waals surface area contributed by atoms with Gasteiger partial charge in [0.1, 0.15) is 11.1 Å². The molecule has 30 heavy (non-hydrogen) atoms. The number of nitrogens with one attached hydrogen (secondary N) is 1. The number of benzene rings is 1. The third kappa shape index (κ3) is 3.22. The molecule has 4 aromatic rings. The maximum atomic E-state index is 13.3. The summed E-state index contributed by atoms with van der Waals surface area (Å²) in [6.07, 6.45) is 6.32. The topological polar surface area (TPSA) is 78.7 Å². The highest BCUT2D eigenvalue weighted by Crippen LogP contribution is 2.39. The van der Waals surface area contributed by atoms with Gasteiger partial charge in [0.05, 0.1) is 22.3 Å². The molecule has 1 aromatic carbocycles. The van der Waals surface area contributed by atoms with Crippen LogP contribution in [0.2, 0.25) is 5.02 Å². The SMILES string of the molecule is N#Cc1c(NC(=O)c2cc(-c3cccnc3)nc3ccc(Cl)cc23)sc2c1CCC2. The summed E-state index contributed by atoms with van der Waals surface area (Å²) in [5.74, 6) is -0.286. The Balaban J connectivity index is 1.62. The molecule has 7 heteroatoms. The van der Waals surface area contributed by atoms with E-state index in [0.717, 1.165) is 30.4 Å². The van der Waals surface area contributed by atoms with Gasteiger partial charge in [0.15, 0.2) is 0 Å². The number of carbonyl (C=O) groups excluding carboxylic acids is 1. The molecule has 0 bridgehead atoms. The molecule has 0 unspecified atom stereocenters. The van der Waals surface area contributed by atoms with Crippen molar-refractivity contribution in [3.05, 3.63) is 75.4 Å². The fraction of sp³-hybridized carbons (Fsp3) is 0.130. The molecule has 3 heterocycles. The van der Waals surface area contributed by atoms with Crippen LogP contribution < -0.4 is 5.32 Å². The highest BCUT2D eigenvalue weighted by Gasteiger charge is 2.24. The van der Waals surface area contributed by atoms with E-state index in [1.807, 2.05) is 12.1 Å². The predicted octanol–water partition coefficient (Wildman–Crippen LogP) is 5.62. The molecule has 1 amide bonds. The van der Waals surface area contributed by atoms with E-state index < -0.39 is 0 Å². The predicted molar refractivity (Wildman–Crippen MR) is 119 cm³/mol. The van der Waals surface area contributed by atoms with E-state index in [4.69, 9.17) is 11.6 Å². The summed E-state index contributed by atoms with van der Waals surface area (Å²) >= 11 is 7.70. The second-order valence-corrected chi connectivity index (χ2v) is 8.63. The van der Waals surface area contributed by atoms with Gasteiger partial charge >= 0.3 is 0 Å². The van der Waals surface area contributed by atoms with Crippen LogP contribution in [0.25, 0.3) is 22.2 Å². The number of carbonyl (C=O) groups is 1. The molecule has 0 saturated carbocycles. The standard InChI is InChI=1S/C23H15ClN4OS/c24-14-6-7-19-16(9-14)17(10-20(27-19)13-3-2-8-26-12-13)22(29)28-23-18(11-25)15-4-1-5-21(15)30-23/h2-3,6-10,12H,1,4-5H2,(H,28,29). The van der Waals surface area contributed by atoms with Gasteiger partial charge in [-0.25, -0.2) is 4.98 Å². The minimum absolute atomic E-state index is 0.286. The Morgan fingerprint density at radius 1 is 1.23 bits per heavy atom. The van der Waals surface area contributed by atoms with E-state index in [1.165, 1.54) is 16.2 Å². The van der Waals surface area contributed by atoms with Gasteiger partial charge in [0, 0.05) is 33.2 Å². The van der Waals surface area contributed by atoms with E-state index >= 15 is 0 Å². The molecule has 5 nitrogen and oxygen atoms in total. The molecule has 0 atom stereocenters. The number of anilines is 1. The number of pyridine rings is 2. The Bertz CT molecular complexity index is 1340. The monoisotopic (exact) mass is 430 g/mol. The quantitative estimate of drug-likeness (QED) is 0.457. The molecule has 3 aromatic heterocycles. The number of nitriles is 1. The van der Waals surface area contributed by atoms with E-state index in [1.54, 1.807) is 36.7 Å². The van der Waals surface area contributed by atoms with Crippen LogP contribution in [0, 0.1) is 11.3 Å². The molecule has 0 radical (unpaired) electrons. The van der Waals surface area contributed by atoms with Crippen LogP contribution in [0.4, 0.5) is 5.00 Å². The van der Waals surface area contributed by atoms with Crippen LogP contribution >= 0.6 is 22.9 Å². The third-order valence-corrected chi connectivity index (χ3v) is 6.68. The number of nitrogens with zero attached hydrogens (tertiary/aromatic N) is 3. The van der Waals surface area contributed by atoms with Gasteiger partial charge < -0.3 is 5.32 Å². The Labute approximate surface area is 182 Å². The maximum absolute atomic E-state index is 13.3. The third-order valence-electron chi connectivity index (χ3n) is 5.23. The molecule has 0 saturated heterocycles. The second kappa shape index (κ2) is 7.52. The summed E-state index contributed by atoms with van der Waals surface area (Å²) in [5.41, 5.74) is 4.26. The molecule has 0 fully saturated rings. The van der Waals surface area contributed by atoms with Crippen molar-refractivity contribution < 1.29 is 4.79 Å². The first-order valence-corrected chi connectivity index (χ1v) is 10.7. The summed E-state index contributed by atoms with van der Waals surface area (Å²) in [6, 6.07) is 13.0. The normalized spacial score (nSPS) is 12.5. The minimum Gasteiger partial charge on any atom is -0.312 e. The van der Waals surface area contributed by atoms with Crippen molar-refractivity contribution in [2.24, 2.45) is 0 Å². The number of hydrogen-bond donors (Lipinski definition) is 1. The van der Waals surface area contributed by atoms with Gasteiger partial charge in [-0.2, -0.15) is 5.26 Å². The lowest BCUT2D eigenvalue weighted by atomic mass is 10.0. The summed E-state index contributed by atoms with van der Waals surface area (Å²) in [5, 5.41) is 14.4. The number of hydrogen-bond acceptors (Lipinski definition) is 5. The largest absolute Gasteiger partial charge is 0.312 e. The van der Waals surface area contributed by atoms with Crippen molar-refractivity contribution in [1.29, 1.82) is 5.26 Å². The number of rotatable bonds is 3. The van der Waals surface area contributed by atoms with Crippen LogP contribution in [-0.2, 0) is 12.8 Å². The molecule has 0 spiro atoms. The van der Waals surface area contributed by atoms with Crippen molar-refractivity contribution in [3.63, 3.8) is 0 Å². The summed E-state index contributed by atoms with van der Waals surface area (Å²) in [4.78, 5) is 23.3. The summed E-state index contributed by atoms with van der Waals surface area (Å²) in [6.45, 7) is 0. The Hall–Kier alpha value is -3.27. The second-order valence-electron chi connectivity index (χ2n) is 7.09. The van der Waals surface area contributed by atoms with Crippen LogP contribution in [0.5, 0.6) is 0 Å².